The van der Waals surface area contributed by atoms with Gasteiger partial charge >= 0.3 is 0 Å². The topological polar surface area (TPSA) is 43.2 Å². The number of aromatic nitrogens is 3. The van der Waals surface area contributed by atoms with Gasteiger partial charge in [-0.1, -0.05) is 0 Å². The van der Waals surface area contributed by atoms with Crippen molar-refractivity contribution < 1.29 is 4.74 Å². The molecule has 0 aliphatic carbocycles. The molecule has 3 heterocycles. The maximum atomic E-state index is 5.40. The summed E-state index contributed by atoms with van der Waals surface area (Å²) in [7, 11) is 1.70. The van der Waals surface area contributed by atoms with Crippen LogP contribution < -0.4 is 4.74 Å². The highest BCUT2D eigenvalue weighted by atomic mass is 16.5. The van der Waals surface area contributed by atoms with Crippen LogP contribution in [-0.2, 0) is 6.54 Å². The van der Waals surface area contributed by atoms with Crippen molar-refractivity contribution in [3.8, 4) is 11.4 Å². The molecule has 1 aliphatic rings. The molecule has 0 spiro atoms. The van der Waals surface area contributed by atoms with E-state index in [1.807, 2.05) is 35.4 Å². The molecule has 1 fully saturated rings. The molecule has 4 rings (SSSR count). The van der Waals surface area contributed by atoms with Gasteiger partial charge in [0.05, 0.1) is 12.8 Å². The first-order chi connectivity index (χ1) is 11.8. The van der Waals surface area contributed by atoms with Crippen molar-refractivity contribution in [1.29, 1.82) is 0 Å². The van der Waals surface area contributed by atoms with Crippen LogP contribution in [0.1, 0.15) is 17.0 Å². The molecule has 5 nitrogen and oxygen atoms in total. The minimum absolute atomic E-state index is 0.603. The number of nitrogens with zero attached hydrogens (tertiary/aromatic N) is 4. The van der Waals surface area contributed by atoms with Gasteiger partial charge in [0.15, 0.2) is 0 Å². The highest BCUT2D eigenvalue weighted by Crippen LogP contribution is 2.30. The van der Waals surface area contributed by atoms with E-state index >= 15 is 0 Å². The van der Waals surface area contributed by atoms with Crippen molar-refractivity contribution in [2.45, 2.75) is 12.5 Å². The molecule has 1 aromatic carbocycles. The Morgan fingerprint density at radius 3 is 2.67 bits per heavy atom. The number of likely N-dealkylation sites (tertiary alicyclic amines) is 1. The van der Waals surface area contributed by atoms with E-state index in [1.54, 1.807) is 13.3 Å². The van der Waals surface area contributed by atoms with Crippen LogP contribution in [0.15, 0.2) is 61.2 Å². The predicted molar refractivity (Wildman–Crippen MR) is 92.4 cm³/mol. The normalized spacial score (nSPS) is 15.2. The summed E-state index contributed by atoms with van der Waals surface area (Å²) < 4.78 is 7.31. The summed E-state index contributed by atoms with van der Waals surface area (Å²) in [4.78, 5) is 6.55. The first-order valence-electron chi connectivity index (χ1n) is 8.12. The summed E-state index contributed by atoms with van der Waals surface area (Å²) >= 11 is 0. The third-order valence-corrected chi connectivity index (χ3v) is 4.57. The van der Waals surface area contributed by atoms with E-state index in [2.05, 4.69) is 39.2 Å². The molecule has 0 unspecified atom stereocenters. The molecule has 0 atom stereocenters. The lowest BCUT2D eigenvalue weighted by molar-refractivity contribution is 0.139. The summed E-state index contributed by atoms with van der Waals surface area (Å²) in [5.41, 5.74) is 3.71. The molecular weight excluding hydrogens is 300 g/mol. The maximum absolute atomic E-state index is 5.40. The lowest BCUT2D eigenvalue weighted by Crippen LogP contribution is -2.44. The van der Waals surface area contributed by atoms with Gasteiger partial charge in [0.1, 0.15) is 5.75 Å². The Labute approximate surface area is 141 Å². The van der Waals surface area contributed by atoms with Crippen molar-refractivity contribution in [3.63, 3.8) is 0 Å². The molecule has 5 heteroatoms. The van der Waals surface area contributed by atoms with E-state index in [0.29, 0.717) is 5.92 Å². The van der Waals surface area contributed by atoms with E-state index in [9.17, 15) is 0 Å². The molecule has 0 bridgehead atoms. The number of hydrogen-bond donors (Lipinski definition) is 0. The van der Waals surface area contributed by atoms with Crippen LogP contribution in [0.3, 0.4) is 0 Å². The lowest BCUT2D eigenvalue weighted by atomic mass is 9.91. The van der Waals surface area contributed by atoms with Crippen molar-refractivity contribution in [1.82, 2.24) is 19.7 Å². The molecule has 122 valence electrons. The number of rotatable bonds is 5. The third kappa shape index (κ3) is 2.90. The number of methoxy groups -OCH3 is 1. The largest absolute Gasteiger partial charge is 0.497 e. The van der Waals surface area contributed by atoms with Crippen LogP contribution in [0.4, 0.5) is 0 Å². The van der Waals surface area contributed by atoms with E-state index < -0.39 is 0 Å². The molecule has 0 saturated carbocycles. The van der Waals surface area contributed by atoms with Gasteiger partial charge in [0, 0.05) is 50.3 Å². The van der Waals surface area contributed by atoms with Crippen molar-refractivity contribution >= 4 is 0 Å². The Hall–Kier alpha value is -2.66. The zero-order valence-corrected chi connectivity index (χ0v) is 13.7. The SMILES string of the molecule is COc1ccc(-n2cccn2)c(CN2CC(c3ccncc3)C2)c1. The van der Waals surface area contributed by atoms with E-state index in [0.717, 1.165) is 31.1 Å². The fourth-order valence-corrected chi connectivity index (χ4v) is 3.24. The molecule has 1 aliphatic heterocycles. The Morgan fingerprint density at radius 1 is 1.12 bits per heavy atom. The molecule has 24 heavy (non-hydrogen) atoms. The molecule has 1 saturated heterocycles. The molecule has 2 aromatic heterocycles. The zero-order valence-electron chi connectivity index (χ0n) is 13.7. The summed E-state index contributed by atoms with van der Waals surface area (Å²) in [5.74, 6) is 1.49. The van der Waals surface area contributed by atoms with Gasteiger partial charge in [-0.3, -0.25) is 9.88 Å². The Bertz CT molecular complexity index is 795. The number of ether oxygens (including phenoxy) is 1. The zero-order chi connectivity index (χ0) is 16.4. The van der Waals surface area contributed by atoms with Gasteiger partial charge in [-0.05, 0) is 47.5 Å². The van der Waals surface area contributed by atoms with E-state index in [1.165, 1.54) is 11.1 Å². The molecular formula is C19H20N4O. The first-order valence-corrected chi connectivity index (χ1v) is 8.12. The average Bonchev–Trinajstić information content (AvgIpc) is 3.12. The van der Waals surface area contributed by atoms with Crippen LogP contribution in [0.25, 0.3) is 5.69 Å². The van der Waals surface area contributed by atoms with Gasteiger partial charge in [0.2, 0.25) is 0 Å². The minimum atomic E-state index is 0.603. The van der Waals surface area contributed by atoms with Gasteiger partial charge < -0.3 is 4.74 Å². The third-order valence-electron chi connectivity index (χ3n) is 4.57. The highest BCUT2D eigenvalue weighted by molar-refractivity contribution is 5.45. The second-order valence-electron chi connectivity index (χ2n) is 6.12. The van der Waals surface area contributed by atoms with Crippen LogP contribution in [0, 0.1) is 0 Å². The highest BCUT2D eigenvalue weighted by Gasteiger charge is 2.28. The summed E-state index contributed by atoms with van der Waals surface area (Å²) in [6.45, 7) is 3.04. The smallest absolute Gasteiger partial charge is 0.119 e. The van der Waals surface area contributed by atoms with Crippen LogP contribution in [0.2, 0.25) is 0 Å². The molecule has 0 radical (unpaired) electrons. The predicted octanol–water partition coefficient (Wildman–Crippen LogP) is 2.88. The van der Waals surface area contributed by atoms with Gasteiger partial charge in [0.25, 0.3) is 0 Å². The number of benzene rings is 1. The van der Waals surface area contributed by atoms with Crippen LogP contribution in [0.5, 0.6) is 5.75 Å². The van der Waals surface area contributed by atoms with Gasteiger partial charge in [-0.25, -0.2) is 4.68 Å². The Kier molecular flexibility index (Phi) is 4.01. The van der Waals surface area contributed by atoms with Crippen molar-refractivity contribution in [3.05, 3.63) is 72.3 Å². The van der Waals surface area contributed by atoms with E-state index in [4.69, 9.17) is 4.74 Å². The maximum Gasteiger partial charge on any atom is 0.119 e. The second kappa shape index (κ2) is 6.45. The summed E-state index contributed by atoms with van der Waals surface area (Å²) in [6, 6.07) is 12.3. The minimum Gasteiger partial charge on any atom is -0.497 e. The average molecular weight is 320 g/mol. The van der Waals surface area contributed by atoms with Crippen LogP contribution in [-0.4, -0.2) is 39.9 Å². The number of hydrogen-bond acceptors (Lipinski definition) is 4. The monoisotopic (exact) mass is 320 g/mol. The molecule has 0 N–H and O–H groups in total. The lowest BCUT2D eigenvalue weighted by Gasteiger charge is -2.40. The van der Waals surface area contributed by atoms with Gasteiger partial charge in [-0.15, -0.1) is 0 Å². The Morgan fingerprint density at radius 2 is 1.96 bits per heavy atom. The number of pyridine rings is 1. The quantitative estimate of drug-likeness (QED) is 0.725. The Balaban J connectivity index is 1.50. The first kappa shape index (κ1) is 14.9. The van der Waals surface area contributed by atoms with Gasteiger partial charge in [-0.2, -0.15) is 5.10 Å². The van der Waals surface area contributed by atoms with E-state index in [-0.39, 0.29) is 0 Å². The van der Waals surface area contributed by atoms with Crippen LogP contribution >= 0.6 is 0 Å². The summed E-state index contributed by atoms with van der Waals surface area (Å²) in [5, 5.41) is 4.37. The molecule has 0 amide bonds. The second-order valence-corrected chi connectivity index (χ2v) is 6.12. The molecule has 3 aromatic rings. The fourth-order valence-electron chi connectivity index (χ4n) is 3.24. The summed E-state index contributed by atoms with van der Waals surface area (Å²) in [6.07, 6.45) is 7.52. The standard InChI is InChI=1S/C19H20N4O/c1-24-18-3-4-19(23-10-2-7-21-23)16(11-18)12-22-13-17(14-22)15-5-8-20-9-6-15/h2-11,17H,12-14H2,1H3. The van der Waals surface area contributed by atoms with Crippen molar-refractivity contribution in [2.75, 3.05) is 20.2 Å². The fraction of sp³-hybridized carbons (Fsp3) is 0.263. The van der Waals surface area contributed by atoms with Crippen molar-refractivity contribution in [2.24, 2.45) is 0 Å².